The quantitative estimate of drug-likeness (QED) is 0.849. The number of carbonyl (C=O) groups is 1. The zero-order valence-corrected chi connectivity index (χ0v) is 12.6. The van der Waals surface area contributed by atoms with E-state index in [-0.39, 0.29) is 5.91 Å². The third-order valence-corrected chi connectivity index (χ3v) is 3.93. The molecule has 1 amide bonds. The molecule has 0 aliphatic heterocycles. The molecule has 0 radical (unpaired) electrons. The van der Waals surface area contributed by atoms with Gasteiger partial charge in [-0.15, -0.1) is 11.8 Å². The van der Waals surface area contributed by atoms with Gasteiger partial charge in [0.1, 0.15) is 0 Å². The topological polar surface area (TPSA) is 52.9 Å². The molecule has 0 fully saturated rings. The molecular formula is C17H16N2OS. The van der Waals surface area contributed by atoms with Gasteiger partial charge in [0.25, 0.3) is 0 Å². The fraction of sp³-hybridized carbons (Fsp3) is 0.176. The van der Waals surface area contributed by atoms with Gasteiger partial charge in [-0.05, 0) is 43.3 Å². The van der Waals surface area contributed by atoms with Gasteiger partial charge in [0.15, 0.2) is 0 Å². The first kappa shape index (κ1) is 15.1. The van der Waals surface area contributed by atoms with Gasteiger partial charge in [0, 0.05) is 22.8 Å². The lowest BCUT2D eigenvalue weighted by Crippen LogP contribution is -2.12. The lowest BCUT2D eigenvalue weighted by Gasteiger charge is -2.05. The molecule has 21 heavy (non-hydrogen) atoms. The normalized spacial score (nSPS) is 9.90. The predicted octanol–water partition coefficient (Wildman–Crippen LogP) is 3.99. The molecular weight excluding hydrogens is 280 g/mol. The van der Waals surface area contributed by atoms with E-state index in [4.69, 9.17) is 5.26 Å². The van der Waals surface area contributed by atoms with Crippen LogP contribution in [0.2, 0.25) is 0 Å². The number of hydrogen-bond donors (Lipinski definition) is 1. The third kappa shape index (κ3) is 4.97. The van der Waals surface area contributed by atoms with Crippen molar-refractivity contribution in [3.8, 4) is 6.07 Å². The Morgan fingerprint density at radius 3 is 2.43 bits per heavy atom. The molecule has 0 unspecified atom stereocenters. The summed E-state index contributed by atoms with van der Waals surface area (Å²) in [7, 11) is 0. The highest BCUT2D eigenvalue weighted by Crippen LogP contribution is 2.19. The molecule has 0 aliphatic rings. The molecule has 3 nitrogen and oxygen atoms in total. The lowest BCUT2D eigenvalue weighted by molar-refractivity contribution is -0.115. The summed E-state index contributed by atoms with van der Waals surface area (Å²) in [5.41, 5.74) is 2.54. The van der Waals surface area contributed by atoms with E-state index >= 15 is 0 Å². The molecule has 0 bridgehead atoms. The second-order valence-electron chi connectivity index (χ2n) is 4.65. The Labute approximate surface area is 129 Å². The van der Waals surface area contributed by atoms with Crippen molar-refractivity contribution in [3.05, 3.63) is 59.7 Å². The summed E-state index contributed by atoms with van der Waals surface area (Å²) in [5.74, 6) is 0.727. The fourth-order valence-corrected chi connectivity index (χ4v) is 2.60. The van der Waals surface area contributed by atoms with Crippen molar-refractivity contribution in [2.45, 2.75) is 18.2 Å². The van der Waals surface area contributed by atoms with Crippen LogP contribution in [0, 0.1) is 18.3 Å². The maximum absolute atomic E-state index is 11.8. The standard InChI is InChI=1S/C17H16N2OS/c1-13-2-8-16(9-3-13)21-11-10-17(20)19-15-6-4-14(12-18)5-7-15/h2-9H,10-11H2,1H3,(H,19,20). The average molecular weight is 296 g/mol. The van der Waals surface area contributed by atoms with Crippen molar-refractivity contribution in [1.82, 2.24) is 0 Å². The number of rotatable bonds is 5. The number of nitriles is 1. The number of nitrogens with one attached hydrogen (secondary N) is 1. The van der Waals surface area contributed by atoms with Crippen LogP contribution in [-0.2, 0) is 4.79 Å². The number of hydrogen-bond acceptors (Lipinski definition) is 3. The highest BCUT2D eigenvalue weighted by atomic mass is 32.2. The van der Waals surface area contributed by atoms with Gasteiger partial charge in [0.2, 0.25) is 5.91 Å². The van der Waals surface area contributed by atoms with E-state index in [2.05, 4.69) is 36.5 Å². The molecule has 0 saturated heterocycles. The van der Waals surface area contributed by atoms with Gasteiger partial charge < -0.3 is 5.32 Å². The number of carbonyl (C=O) groups excluding carboxylic acids is 1. The van der Waals surface area contributed by atoms with Crippen LogP contribution in [0.15, 0.2) is 53.4 Å². The number of benzene rings is 2. The van der Waals surface area contributed by atoms with Crippen LogP contribution in [0.5, 0.6) is 0 Å². The Hall–Kier alpha value is -2.25. The van der Waals surface area contributed by atoms with E-state index in [0.717, 1.165) is 11.4 Å². The molecule has 0 saturated carbocycles. The van der Waals surface area contributed by atoms with E-state index in [9.17, 15) is 4.79 Å². The molecule has 0 aliphatic carbocycles. The molecule has 0 aromatic heterocycles. The van der Waals surface area contributed by atoms with Crippen molar-refractivity contribution in [1.29, 1.82) is 5.26 Å². The molecule has 4 heteroatoms. The number of nitrogens with zero attached hydrogens (tertiary/aromatic N) is 1. The van der Waals surface area contributed by atoms with Crippen molar-refractivity contribution < 1.29 is 4.79 Å². The van der Waals surface area contributed by atoms with Crippen LogP contribution in [0.3, 0.4) is 0 Å². The first-order valence-corrected chi connectivity index (χ1v) is 7.65. The average Bonchev–Trinajstić information content (AvgIpc) is 2.50. The van der Waals surface area contributed by atoms with Crippen LogP contribution in [-0.4, -0.2) is 11.7 Å². The number of amides is 1. The second kappa shape index (κ2) is 7.51. The van der Waals surface area contributed by atoms with Gasteiger partial charge in [-0.1, -0.05) is 17.7 Å². The minimum Gasteiger partial charge on any atom is -0.326 e. The molecule has 0 heterocycles. The molecule has 2 aromatic rings. The van der Waals surface area contributed by atoms with Crippen molar-refractivity contribution in [2.24, 2.45) is 0 Å². The summed E-state index contributed by atoms with van der Waals surface area (Å²) in [4.78, 5) is 13.0. The minimum absolute atomic E-state index is 0.0145. The lowest BCUT2D eigenvalue weighted by atomic mass is 10.2. The molecule has 2 rings (SSSR count). The summed E-state index contributed by atoms with van der Waals surface area (Å²) in [6.07, 6.45) is 0.457. The SMILES string of the molecule is Cc1ccc(SCCC(=O)Nc2ccc(C#N)cc2)cc1. The van der Waals surface area contributed by atoms with Crippen LogP contribution in [0.1, 0.15) is 17.5 Å². The molecule has 0 spiro atoms. The van der Waals surface area contributed by atoms with Crippen LogP contribution >= 0.6 is 11.8 Å². The van der Waals surface area contributed by atoms with Gasteiger partial charge in [-0.2, -0.15) is 5.26 Å². The van der Waals surface area contributed by atoms with Crippen molar-refractivity contribution in [2.75, 3.05) is 11.1 Å². The Balaban J connectivity index is 1.76. The number of anilines is 1. The highest BCUT2D eigenvalue weighted by Gasteiger charge is 2.03. The maximum Gasteiger partial charge on any atom is 0.225 e. The van der Waals surface area contributed by atoms with E-state index in [1.165, 1.54) is 10.5 Å². The van der Waals surface area contributed by atoms with E-state index < -0.39 is 0 Å². The fourth-order valence-electron chi connectivity index (χ4n) is 1.75. The molecule has 0 atom stereocenters. The van der Waals surface area contributed by atoms with Crippen LogP contribution < -0.4 is 5.32 Å². The highest BCUT2D eigenvalue weighted by molar-refractivity contribution is 7.99. The second-order valence-corrected chi connectivity index (χ2v) is 5.82. The van der Waals surface area contributed by atoms with Crippen LogP contribution in [0.25, 0.3) is 0 Å². The Bertz CT molecular complexity index is 642. The Morgan fingerprint density at radius 1 is 1.14 bits per heavy atom. The van der Waals surface area contributed by atoms with Gasteiger partial charge >= 0.3 is 0 Å². The van der Waals surface area contributed by atoms with Crippen LogP contribution in [0.4, 0.5) is 5.69 Å². The number of thioether (sulfide) groups is 1. The zero-order chi connectivity index (χ0) is 15.1. The molecule has 2 aromatic carbocycles. The monoisotopic (exact) mass is 296 g/mol. The van der Waals surface area contributed by atoms with Gasteiger partial charge in [0.05, 0.1) is 11.6 Å². The third-order valence-electron chi connectivity index (χ3n) is 2.92. The molecule has 106 valence electrons. The summed E-state index contributed by atoms with van der Waals surface area (Å²) in [5, 5.41) is 11.5. The predicted molar refractivity (Wildman–Crippen MR) is 86.3 cm³/mol. The van der Waals surface area contributed by atoms with Crippen molar-refractivity contribution >= 4 is 23.4 Å². The van der Waals surface area contributed by atoms with E-state index in [1.54, 1.807) is 36.0 Å². The summed E-state index contributed by atoms with van der Waals surface area (Å²) in [6.45, 7) is 2.06. The first-order chi connectivity index (χ1) is 10.2. The Kier molecular flexibility index (Phi) is 5.42. The minimum atomic E-state index is -0.0145. The summed E-state index contributed by atoms with van der Waals surface area (Å²) in [6, 6.07) is 17.2. The van der Waals surface area contributed by atoms with Gasteiger partial charge in [-0.25, -0.2) is 0 Å². The van der Waals surface area contributed by atoms with E-state index in [0.29, 0.717) is 12.0 Å². The summed E-state index contributed by atoms with van der Waals surface area (Å²) >= 11 is 1.67. The largest absolute Gasteiger partial charge is 0.326 e. The smallest absolute Gasteiger partial charge is 0.225 e. The molecule has 1 N–H and O–H groups in total. The zero-order valence-electron chi connectivity index (χ0n) is 11.8. The summed E-state index contributed by atoms with van der Waals surface area (Å²) < 4.78 is 0. The first-order valence-electron chi connectivity index (χ1n) is 6.67. The van der Waals surface area contributed by atoms with E-state index in [1.807, 2.05) is 6.07 Å². The Morgan fingerprint density at radius 2 is 1.81 bits per heavy atom. The number of aryl methyl sites for hydroxylation is 1. The van der Waals surface area contributed by atoms with Gasteiger partial charge in [-0.3, -0.25) is 4.79 Å². The maximum atomic E-state index is 11.8. The van der Waals surface area contributed by atoms with Crippen molar-refractivity contribution in [3.63, 3.8) is 0 Å².